The monoisotopic (exact) mass is 337 g/mol. The molecule has 5 heteroatoms. The summed E-state index contributed by atoms with van der Waals surface area (Å²) in [5.74, 6) is 3.40. The van der Waals surface area contributed by atoms with Gasteiger partial charge in [-0.05, 0) is 29.8 Å². The maximum absolute atomic E-state index is 5.37. The van der Waals surface area contributed by atoms with Crippen molar-refractivity contribution in [3.05, 3.63) is 53.9 Å². The molecule has 0 bridgehead atoms. The normalized spacial score (nSPS) is 10.9. The number of para-hydroxylation sites is 1. The Morgan fingerprint density at radius 1 is 0.960 bits per heavy atom. The van der Waals surface area contributed by atoms with E-state index in [4.69, 9.17) is 14.5 Å². The zero-order valence-electron chi connectivity index (χ0n) is 15.0. The fourth-order valence-corrected chi connectivity index (χ4v) is 2.66. The summed E-state index contributed by atoms with van der Waals surface area (Å²) >= 11 is 0. The first-order valence-corrected chi connectivity index (χ1v) is 8.34. The molecule has 0 amide bonds. The predicted molar refractivity (Wildman–Crippen MR) is 100 cm³/mol. The van der Waals surface area contributed by atoms with Gasteiger partial charge in [0, 0.05) is 17.8 Å². The summed E-state index contributed by atoms with van der Waals surface area (Å²) in [6, 6.07) is 14.0. The molecular formula is C20H23N3O2. The fourth-order valence-electron chi connectivity index (χ4n) is 2.66. The van der Waals surface area contributed by atoms with Crippen LogP contribution in [0.3, 0.4) is 0 Å². The molecule has 5 nitrogen and oxygen atoms in total. The van der Waals surface area contributed by atoms with Crippen molar-refractivity contribution in [2.75, 3.05) is 19.5 Å². The number of fused-ring (bicyclic) bond motifs is 1. The maximum atomic E-state index is 5.37. The minimum atomic E-state index is 0.270. The van der Waals surface area contributed by atoms with Crippen molar-refractivity contribution in [2.45, 2.75) is 26.3 Å². The Balaban J connectivity index is 1.90. The van der Waals surface area contributed by atoms with Crippen molar-refractivity contribution >= 4 is 16.7 Å². The lowest BCUT2D eigenvalue weighted by Crippen LogP contribution is -2.07. The first-order chi connectivity index (χ1) is 12.1. The highest BCUT2D eigenvalue weighted by Crippen LogP contribution is 2.28. The molecule has 0 saturated heterocycles. The first kappa shape index (κ1) is 17.0. The molecule has 0 unspecified atom stereocenters. The van der Waals surface area contributed by atoms with E-state index in [2.05, 4.69) is 24.1 Å². The molecule has 25 heavy (non-hydrogen) atoms. The molecule has 0 atom stereocenters. The standard InChI is InChI=1S/C20H23N3O2/c1-13(2)19-22-16-8-6-5-7-15(16)20(23-19)21-12-14-9-10-17(24-3)18(11-14)25-4/h5-11,13H,12H2,1-4H3,(H,21,22,23). The van der Waals surface area contributed by atoms with E-state index >= 15 is 0 Å². The van der Waals surface area contributed by atoms with Gasteiger partial charge in [-0.2, -0.15) is 0 Å². The second-order valence-electron chi connectivity index (χ2n) is 6.15. The van der Waals surface area contributed by atoms with E-state index in [-0.39, 0.29) is 5.92 Å². The van der Waals surface area contributed by atoms with Crippen LogP contribution in [0.2, 0.25) is 0 Å². The van der Waals surface area contributed by atoms with Crippen molar-refractivity contribution < 1.29 is 9.47 Å². The van der Waals surface area contributed by atoms with Crippen LogP contribution < -0.4 is 14.8 Å². The zero-order valence-corrected chi connectivity index (χ0v) is 15.0. The van der Waals surface area contributed by atoms with Crippen LogP contribution in [-0.2, 0) is 6.54 Å². The number of methoxy groups -OCH3 is 2. The molecule has 0 spiro atoms. The number of aromatic nitrogens is 2. The molecule has 3 aromatic rings. The van der Waals surface area contributed by atoms with Crippen molar-refractivity contribution in [1.82, 2.24) is 9.97 Å². The highest BCUT2D eigenvalue weighted by molar-refractivity contribution is 5.89. The van der Waals surface area contributed by atoms with Gasteiger partial charge in [-0.1, -0.05) is 32.0 Å². The zero-order chi connectivity index (χ0) is 17.8. The lowest BCUT2D eigenvalue weighted by atomic mass is 10.1. The minimum Gasteiger partial charge on any atom is -0.493 e. The largest absolute Gasteiger partial charge is 0.493 e. The van der Waals surface area contributed by atoms with Crippen LogP contribution in [0.5, 0.6) is 11.5 Å². The van der Waals surface area contributed by atoms with Crippen molar-refractivity contribution in [3.8, 4) is 11.5 Å². The Hall–Kier alpha value is -2.82. The summed E-state index contributed by atoms with van der Waals surface area (Å²) in [5, 5.41) is 4.46. The summed E-state index contributed by atoms with van der Waals surface area (Å²) in [6.45, 7) is 4.84. The molecule has 1 aromatic heterocycles. The first-order valence-electron chi connectivity index (χ1n) is 8.34. The highest BCUT2D eigenvalue weighted by atomic mass is 16.5. The smallest absolute Gasteiger partial charge is 0.161 e. The average molecular weight is 337 g/mol. The molecule has 0 saturated carbocycles. The molecular weight excluding hydrogens is 314 g/mol. The topological polar surface area (TPSA) is 56.3 Å². The Labute approximate surface area is 148 Å². The van der Waals surface area contributed by atoms with Gasteiger partial charge >= 0.3 is 0 Å². The van der Waals surface area contributed by atoms with Crippen LogP contribution in [-0.4, -0.2) is 24.2 Å². The molecule has 1 N–H and O–H groups in total. The number of anilines is 1. The second-order valence-corrected chi connectivity index (χ2v) is 6.15. The molecule has 0 fully saturated rings. The molecule has 130 valence electrons. The van der Waals surface area contributed by atoms with Crippen molar-refractivity contribution in [2.24, 2.45) is 0 Å². The summed E-state index contributed by atoms with van der Waals surface area (Å²) in [7, 11) is 3.28. The SMILES string of the molecule is COc1ccc(CNc2nc(C(C)C)nc3ccccc23)cc1OC. The number of nitrogens with zero attached hydrogens (tertiary/aromatic N) is 2. The van der Waals surface area contributed by atoms with E-state index in [0.717, 1.165) is 39.6 Å². The van der Waals surface area contributed by atoms with Crippen molar-refractivity contribution in [3.63, 3.8) is 0 Å². The fraction of sp³-hybridized carbons (Fsp3) is 0.300. The van der Waals surface area contributed by atoms with E-state index in [1.165, 1.54) is 0 Å². The number of nitrogens with one attached hydrogen (secondary N) is 1. The third kappa shape index (κ3) is 3.65. The van der Waals surface area contributed by atoms with Gasteiger partial charge in [-0.15, -0.1) is 0 Å². The number of benzene rings is 2. The number of hydrogen-bond acceptors (Lipinski definition) is 5. The Kier molecular flexibility index (Phi) is 5.03. The lowest BCUT2D eigenvalue weighted by molar-refractivity contribution is 0.354. The lowest BCUT2D eigenvalue weighted by Gasteiger charge is -2.13. The summed E-state index contributed by atoms with van der Waals surface area (Å²) in [5.41, 5.74) is 2.04. The molecule has 0 aliphatic rings. The summed E-state index contributed by atoms with van der Waals surface area (Å²) in [6.07, 6.45) is 0. The number of hydrogen-bond donors (Lipinski definition) is 1. The van der Waals surface area contributed by atoms with Gasteiger partial charge in [0.15, 0.2) is 11.5 Å². The van der Waals surface area contributed by atoms with Gasteiger partial charge in [0.25, 0.3) is 0 Å². The summed E-state index contributed by atoms with van der Waals surface area (Å²) in [4.78, 5) is 9.37. The van der Waals surface area contributed by atoms with Gasteiger partial charge in [0.1, 0.15) is 11.6 Å². The van der Waals surface area contributed by atoms with E-state index in [1.807, 2.05) is 42.5 Å². The van der Waals surface area contributed by atoms with Gasteiger partial charge in [-0.3, -0.25) is 0 Å². The van der Waals surface area contributed by atoms with Crippen LogP contribution in [0.1, 0.15) is 31.2 Å². The van der Waals surface area contributed by atoms with Gasteiger partial charge < -0.3 is 14.8 Å². The second kappa shape index (κ2) is 7.38. The number of rotatable bonds is 6. The van der Waals surface area contributed by atoms with E-state index in [0.29, 0.717) is 6.54 Å². The average Bonchev–Trinajstić information content (AvgIpc) is 2.65. The third-order valence-corrected chi connectivity index (χ3v) is 4.04. The maximum Gasteiger partial charge on any atom is 0.161 e. The quantitative estimate of drug-likeness (QED) is 0.723. The molecule has 1 heterocycles. The Morgan fingerprint density at radius 2 is 1.72 bits per heavy atom. The molecule has 3 rings (SSSR count). The minimum absolute atomic E-state index is 0.270. The van der Waals surface area contributed by atoms with E-state index in [9.17, 15) is 0 Å². The molecule has 0 aliphatic carbocycles. The van der Waals surface area contributed by atoms with E-state index < -0.39 is 0 Å². The molecule has 0 radical (unpaired) electrons. The van der Waals surface area contributed by atoms with Crippen LogP contribution in [0.15, 0.2) is 42.5 Å². The van der Waals surface area contributed by atoms with Gasteiger partial charge in [-0.25, -0.2) is 9.97 Å². The Bertz CT molecular complexity index is 878. The van der Waals surface area contributed by atoms with Gasteiger partial charge in [0.2, 0.25) is 0 Å². The predicted octanol–water partition coefficient (Wildman–Crippen LogP) is 4.38. The third-order valence-electron chi connectivity index (χ3n) is 4.04. The van der Waals surface area contributed by atoms with Crippen molar-refractivity contribution in [1.29, 1.82) is 0 Å². The highest BCUT2D eigenvalue weighted by Gasteiger charge is 2.10. The van der Waals surface area contributed by atoms with Crippen LogP contribution >= 0.6 is 0 Å². The van der Waals surface area contributed by atoms with Crippen LogP contribution in [0, 0.1) is 0 Å². The number of ether oxygens (including phenoxy) is 2. The van der Waals surface area contributed by atoms with Crippen LogP contribution in [0.25, 0.3) is 10.9 Å². The summed E-state index contributed by atoms with van der Waals surface area (Å²) < 4.78 is 10.7. The molecule has 2 aromatic carbocycles. The molecule has 0 aliphatic heterocycles. The van der Waals surface area contributed by atoms with Gasteiger partial charge in [0.05, 0.1) is 19.7 Å². The van der Waals surface area contributed by atoms with E-state index in [1.54, 1.807) is 14.2 Å². The van der Waals surface area contributed by atoms with Crippen LogP contribution in [0.4, 0.5) is 5.82 Å². The Morgan fingerprint density at radius 3 is 2.44 bits per heavy atom.